The first-order valence-electron chi connectivity index (χ1n) is 7.77. The number of amides is 1. The summed E-state index contributed by atoms with van der Waals surface area (Å²) in [6, 6.07) is 4.02. The number of nitrogens with zero attached hydrogens (tertiary/aromatic N) is 2. The van der Waals surface area contributed by atoms with E-state index in [4.69, 9.17) is 4.74 Å². The van der Waals surface area contributed by atoms with E-state index in [0.717, 1.165) is 48.1 Å². The number of ether oxygens (including phenoxy) is 1. The second-order valence-corrected chi connectivity index (χ2v) is 6.57. The van der Waals surface area contributed by atoms with Gasteiger partial charge in [0.25, 0.3) is 0 Å². The van der Waals surface area contributed by atoms with E-state index in [-0.39, 0.29) is 12.1 Å². The number of fused-ring (bicyclic) bond motifs is 2. The first kappa shape index (κ1) is 13.6. The van der Waals surface area contributed by atoms with Gasteiger partial charge in [-0.2, -0.15) is 5.10 Å². The molecule has 1 aromatic heterocycles. The summed E-state index contributed by atoms with van der Waals surface area (Å²) in [5, 5.41) is 11.8. The predicted octanol–water partition coefficient (Wildman–Crippen LogP) is 2.88. The molecule has 1 fully saturated rings. The van der Waals surface area contributed by atoms with Crippen LogP contribution in [0, 0.1) is 0 Å². The Bertz CT molecular complexity index is 744. The van der Waals surface area contributed by atoms with E-state index in [9.17, 15) is 4.79 Å². The summed E-state index contributed by atoms with van der Waals surface area (Å²) in [5.41, 5.74) is 2.15. The monoisotopic (exact) mass is 300 g/mol. The van der Waals surface area contributed by atoms with Crippen molar-refractivity contribution in [3.8, 4) is 0 Å². The lowest BCUT2D eigenvalue weighted by atomic mass is 9.99. The molecule has 2 aliphatic heterocycles. The Morgan fingerprint density at radius 1 is 1.32 bits per heavy atom. The smallest absolute Gasteiger partial charge is 0.249 e. The minimum absolute atomic E-state index is 0.00971. The van der Waals surface area contributed by atoms with Crippen LogP contribution >= 0.6 is 0 Å². The van der Waals surface area contributed by atoms with Crippen LogP contribution in [-0.2, 0) is 9.53 Å². The van der Waals surface area contributed by atoms with Crippen LogP contribution in [0.2, 0.25) is 0 Å². The lowest BCUT2D eigenvalue weighted by Crippen LogP contribution is -2.47. The molecule has 1 saturated heterocycles. The Morgan fingerprint density at radius 3 is 2.95 bits per heavy atom. The number of carbonyl (C=O) groups excluding carboxylic acids is 1. The van der Waals surface area contributed by atoms with Crippen molar-refractivity contribution in [2.45, 2.75) is 44.9 Å². The van der Waals surface area contributed by atoms with Gasteiger partial charge in [0.15, 0.2) is 6.23 Å². The van der Waals surface area contributed by atoms with Gasteiger partial charge in [-0.3, -0.25) is 4.79 Å². The van der Waals surface area contributed by atoms with Crippen molar-refractivity contribution in [1.29, 1.82) is 0 Å². The van der Waals surface area contributed by atoms with E-state index in [1.807, 2.05) is 30.8 Å². The fourth-order valence-electron chi connectivity index (χ4n) is 3.12. The highest BCUT2D eigenvalue weighted by Gasteiger charge is 2.33. The molecular weight excluding hydrogens is 280 g/mol. The van der Waals surface area contributed by atoms with Gasteiger partial charge in [-0.15, -0.1) is 0 Å². The summed E-state index contributed by atoms with van der Waals surface area (Å²) in [5.74, 6) is -0.0256. The maximum atomic E-state index is 12.1. The van der Waals surface area contributed by atoms with Gasteiger partial charge in [-0.05, 0) is 45.2 Å². The molecular formula is C16H20N4O2. The molecule has 0 saturated carbocycles. The van der Waals surface area contributed by atoms with Crippen LogP contribution in [0.5, 0.6) is 0 Å². The number of hydrogen-bond donors (Lipinski definition) is 2. The Morgan fingerprint density at radius 2 is 2.18 bits per heavy atom. The third kappa shape index (κ3) is 2.06. The average molecular weight is 300 g/mol. The molecule has 6 nitrogen and oxygen atoms in total. The van der Waals surface area contributed by atoms with Gasteiger partial charge in [0.1, 0.15) is 5.54 Å². The van der Waals surface area contributed by atoms with E-state index in [2.05, 4.69) is 21.8 Å². The zero-order chi connectivity index (χ0) is 15.3. The maximum absolute atomic E-state index is 12.1. The van der Waals surface area contributed by atoms with Crippen molar-refractivity contribution in [3.05, 3.63) is 18.3 Å². The highest BCUT2D eigenvalue weighted by atomic mass is 16.5. The van der Waals surface area contributed by atoms with Gasteiger partial charge < -0.3 is 15.4 Å². The fraction of sp³-hybridized carbons (Fsp3) is 0.500. The van der Waals surface area contributed by atoms with Crippen LogP contribution in [-0.4, -0.2) is 27.8 Å². The third-order valence-electron chi connectivity index (χ3n) is 4.43. The van der Waals surface area contributed by atoms with E-state index in [0.29, 0.717) is 0 Å². The summed E-state index contributed by atoms with van der Waals surface area (Å²) in [6.45, 7) is 4.53. The second-order valence-electron chi connectivity index (χ2n) is 6.57. The Hall–Kier alpha value is -2.08. The van der Waals surface area contributed by atoms with Crippen LogP contribution in [0.4, 0.5) is 11.4 Å². The lowest BCUT2D eigenvalue weighted by Gasteiger charge is -2.33. The van der Waals surface area contributed by atoms with Gasteiger partial charge >= 0.3 is 0 Å². The van der Waals surface area contributed by atoms with Crippen LogP contribution in [0.25, 0.3) is 10.9 Å². The number of carbonyl (C=O) groups is 1. The molecule has 3 heterocycles. The summed E-state index contributed by atoms with van der Waals surface area (Å²) in [6.07, 6.45) is 5.12. The molecule has 0 spiro atoms. The van der Waals surface area contributed by atoms with Crippen molar-refractivity contribution in [2.24, 2.45) is 0 Å². The number of rotatable bonds is 1. The maximum Gasteiger partial charge on any atom is 0.249 e. The molecule has 0 bridgehead atoms. The number of anilines is 2. The molecule has 1 amide bonds. The molecule has 116 valence electrons. The SMILES string of the molecule is CC1(C)Nc2cc3c(cnn3C3CCCCO3)cc2NC1=O. The first-order chi connectivity index (χ1) is 10.5. The second kappa shape index (κ2) is 4.71. The zero-order valence-electron chi connectivity index (χ0n) is 12.8. The van der Waals surface area contributed by atoms with Gasteiger partial charge in [0, 0.05) is 12.0 Å². The van der Waals surface area contributed by atoms with Crippen molar-refractivity contribution < 1.29 is 9.53 Å². The van der Waals surface area contributed by atoms with Crippen LogP contribution in [0.1, 0.15) is 39.3 Å². The lowest BCUT2D eigenvalue weighted by molar-refractivity contribution is -0.119. The van der Waals surface area contributed by atoms with Crippen molar-refractivity contribution in [1.82, 2.24) is 9.78 Å². The molecule has 2 aromatic rings. The average Bonchev–Trinajstić information content (AvgIpc) is 2.89. The van der Waals surface area contributed by atoms with E-state index < -0.39 is 5.54 Å². The van der Waals surface area contributed by atoms with Crippen molar-refractivity contribution in [2.75, 3.05) is 17.2 Å². The molecule has 1 aromatic carbocycles. The molecule has 0 radical (unpaired) electrons. The summed E-state index contributed by atoms with van der Waals surface area (Å²) < 4.78 is 7.80. The Kier molecular flexibility index (Phi) is 2.91. The summed E-state index contributed by atoms with van der Waals surface area (Å²) in [4.78, 5) is 12.1. The standard InChI is InChI=1S/C16H20N4O2/c1-16(2)15(21)18-11-7-10-9-17-20(13(10)8-12(11)19-16)14-5-3-4-6-22-14/h7-9,14,19H,3-6H2,1-2H3,(H,18,21). The number of benzene rings is 1. The molecule has 2 aliphatic rings. The number of aromatic nitrogens is 2. The van der Waals surface area contributed by atoms with Gasteiger partial charge in [-0.1, -0.05) is 0 Å². The highest BCUT2D eigenvalue weighted by Crippen LogP contribution is 2.36. The summed E-state index contributed by atoms with van der Waals surface area (Å²) in [7, 11) is 0. The van der Waals surface area contributed by atoms with Crippen molar-refractivity contribution >= 4 is 28.2 Å². The topological polar surface area (TPSA) is 68.2 Å². The van der Waals surface area contributed by atoms with E-state index in [1.165, 1.54) is 0 Å². The van der Waals surface area contributed by atoms with Crippen LogP contribution in [0.15, 0.2) is 18.3 Å². The molecule has 0 aliphatic carbocycles. The minimum atomic E-state index is -0.618. The van der Waals surface area contributed by atoms with Gasteiger partial charge in [-0.25, -0.2) is 4.68 Å². The molecule has 6 heteroatoms. The number of hydrogen-bond acceptors (Lipinski definition) is 4. The molecule has 4 rings (SSSR count). The third-order valence-corrected chi connectivity index (χ3v) is 4.43. The van der Waals surface area contributed by atoms with Crippen molar-refractivity contribution in [3.63, 3.8) is 0 Å². The zero-order valence-corrected chi connectivity index (χ0v) is 12.8. The molecule has 2 N–H and O–H groups in total. The Labute approximate surface area is 128 Å². The fourth-order valence-corrected chi connectivity index (χ4v) is 3.12. The normalized spacial score (nSPS) is 23.7. The predicted molar refractivity (Wildman–Crippen MR) is 84.9 cm³/mol. The quantitative estimate of drug-likeness (QED) is 0.849. The molecule has 1 atom stereocenters. The van der Waals surface area contributed by atoms with E-state index in [1.54, 1.807) is 0 Å². The minimum Gasteiger partial charge on any atom is -0.370 e. The number of nitrogens with one attached hydrogen (secondary N) is 2. The highest BCUT2D eigenvalue weighted by molar-refractivity contribution is 6.07. The largest absolute Gasteiger partial charge is 0.370 e. The van der Waals surface area contributed by atoms with Gasteiger partial charge in [0.05, 0.1) is 23.1 Å². The summed E-state index contributed by atoms with van der Waals surface area (Å²) >= 11 is 0. The van der Waals surface area contributed by atoms with Gasteiger partial charge in [0.2, 0.25) is 5.91 Å². The Balaban J connectivity index is 1.79. The molecule has 1 unspecified atom stereocenters. The van der Waals surface area contributed by atoms with Crippen LogP contribution in [0.3, 0.4) is 0 Å². The van der Waals surface area contributed by atoms with Crippen LogP contribution < -0.4 is 10.6 Å². The first-order valence-corrected chi connectivity index (χ1v) is 7.77. The van der Waals surface area contributed by atoms with E-state index >= 15 is 0 Å². The molecule has 22 heavy (non-hydrogen) atoms.